The highest BCUT2D eigenvalue weighted by atomic mass is 16.1. The van der Waals surface area contributed by atoms with Crippen molar-refractivity contribution < 1.29 is 4.79 Å². The first-order chi connectivity index (χ1) is 8.08. The highest BCUT2D eigenvalue weighted by molar-refractivity contribution is 5.83. The molecule has 0 amide bonds. The third kappa shape index (κ3) is 4.44. The molecule has 0 heterocycles. The van der Waals surface area contributed by atoms with Gasteiger partial charge in [-0.25, -0.2) is 0 Å². The van der Waals surface area contributed by atoms with Crippen molar-refractivity contribution in [3.8, 4) is 0 Å². The van der Waals surface area contributed by atoms with Gasteiger partial charge < -0.3 is 0 Å². The summed E-state index contributed by atoms with van der Waals surface area (Å²) in [6.07, 6.45) is 8.11. The molecule has 0 N–H and O–H groups in total. The van der Waals surface area contributed by atoms with Crippen LogP contribution in [-0.2, 0) is 4.79 Å². The van der Waals surface area contributed by atoms with Crippen molar-refractivity contribution in [1.82, 2.24) is 0 Å². The van der Waals surface area contributed by atoms with Gasteiger partial charge in [-0.15, -0.1) is 0 Å². The van der Waals surface area contributed by atoms with Gasteiger partial charge in [-0.1, -0.05) is 40.5 Å². The monoisotopic (exact) mass is 238 g/mol. The van der Waals surface area contributed by atoms with E-state index in [1.54, 1.807) is 0 Å². The van der Waals surface area contributed by atoms with Crippen LogP contribution >= 0.6 is 0 Å². The number of rotatable bonds is 6. The Bertz CT molecular complexity index is 218. The number of Topliss-reactive ketones (excluding diaryl/α,β-unsaturated/α-hetero) is 1. The third-order valence-corrected chi connectivity index (χ3v) is 4.26. The molecule has 0 aliphatic heterocycles. The summed E-state index contributed by atoms with van der Waals surface area (Å²) < 4.78 is 0. The Morgan fingerprint density at radius 2 is 1.47 bits per heavy atom. The van der Waals surface area contributed by atoms with Crippen LogP contribution in [0.1, 0.15) is 72.6 Å². The van der Waals surface area contributed by atoms with Crippen LogP contribution in [0.2, 0.25) is 0 Å². The Kier molecular flexibility index (Phi) is 6.22. The second kappa shape index (κ2) is 7.18. The van der Waals surface area contributed by atoms with Crippen LogP contribution in [-0.4, -0.2) is 5.78 Å². The average Bonchev–Trinajstić information content (AvgIpc) is 2.26. The lowest BCUT2D eigenvalue weighted by molar-refractivity contribution is -0.129. The molecule has 1 aliphatic rings. The lowest BCUT2D eigenvalue weighted by Gasteiger charge is -2.32. The molecule has 0 bridgehead atoms. The second-order valence-electron chi connectivity index (χ2n) is 6.29. The summed E-state index contributed by atoms with van der Waals surface area (Å²) in [5.41, 5.74) is 0. The van der Waals surface area contributed by atoms with Gasteiger partial charge in [-0.05, 0) is 43.9 Å². The fourth-order valence-electron chi connectivity index (χ4n) is 3.64. The summed E-state index contributed by atoms with van der Waals surface area (Å²) in [4.78, 5) is 12.6. The molecular weight excluding hydrogens is 208 g/mol. The van der Waals surface area contributed by atoms with Crippen molar-refractivity contribution in [2.45, 2.75) is 72.6 Å². The van der Waals surface area contributed by atoms with Crippen LogP contribution in [0.4, 0.5) is 0 Å². The number of ketones is 1. The standard InChI is InChI=1S/C16H30O/c1-5-7-14(8-6-2)16(17)15-10-12(3)9-13(4)11-15/h12-15H,5-11H2,1-4H3. The highest BCUT2D eigenvalue weighted by Crippen LogP contribution is 2.35. The van der Waals surface area contributed by atoms with Gasteiger partial charge in [-0.3, -0.25) is 4.79 Å². The number of carbonyl (C=O) groups excluding carboxylic acids is 1. The van der Waals surface area contributed by atoms with Crippen LogP contribution < -0.4 is 0 Å². The normalized spacial score (nSPS) is 29.6. The molecule has 0 aromatic heterocycles. The summed E-state index contributed by atoms with van der Waals surface area (Å²) in [5, 5.41) is 0. The fraction of sp³-hybridized carbons (Fsp3) is 0.938. The summed E-state index contributed by atoms with van der Waals surface area (Å²) in [6, 6.07) is 0. The minimum atomic E-state index is 0.354. The van der Waals surface area contributed by atoms with Gasteiger partial charge in [0.2, 0.25) is 0 Å². The van der Waals surface area contributed by atoms with Crippen molar-refractivity contribution in [1.29, 1.82) is 0 Å². The largest absolute Gasteiger partial charge is 0.299 e. The zero-order chi connectivity index (χ0) is 12.8. The topological polar surface area (TPSA) is 17.1 Å². The predicted molar refractivity (Wildman–Crippen MR) is 74.0 cm³/mol. The van der Waals surface area contributed by atoms with E-state index in [1.807, 2.05) is 0 Å². The molecular formula is C16H30O. The average molecular weight is 238 g/mol. The summed E-state index contributed by atoms with van der Waals surface area (Å²) in [6.45, 7) is 9.01. The minimum Gasteiger partial charge on any atom is -0.299 e. The summed E-state index contributed by atoms with van der Waals surface area (Å²) >= 11 is 0. The SMILES string of the molecule is CCCC(CCC)C(=O)C1CC(C)CC(C)C1. The zero-order valence-corrected chi connectivity index (χ0v) is 12.2. The van der Waals surface area contributed by atoms with E-state index in [9.17, 15) is 4.79 Å². The molecule has 0 spiro atoms. The van der Waals surface area contributed by atoms with Gasteiger partial charge in [0.25, 0.3) is 0 Å². The number of hydrogen-bond donors (Lipinski definition) is 0. The van der Waals surface area contributed by atoms with Crippen molar-refractivity contribution in [2.75, 3.05) is 0 Å². The lowest BCUT2D eigenvalue weighted by Crippen LogP contribution is -2.30. The maximum atomic E-state index is 12.6. The summed E-state index contributed by atoms with van der Waals surface area (Å²) in [7, 11) is 0. The first-order valence-electron chi connectivity index (χ1n) is 7.62. The molecule has 1 aliphatic carbocycles. The molecule has 2 unspecified atom stereocenters. The van der Waals surface area contributed by atoms with Gasteiger partial charge in [-0.2, -0.15) is 0 Å². The van der Waals surface area contributed by atoms with Crippen molar-refractivity contribution in [3.05, 3.63) is 0 Å². The first kappa shape index (κ1) is 14.7. The van der Waals surface area contributed by atoms with Gasteiger partial charge in [0.05, 0.1) is 0 Å². The van der Waals surface area contributed by atoms with Crippen molar-refractivity contribution >= 4 is 5.78 Å². The molecule has 1 saturated carbocycles. The smallest absolute Gasteiger partial charge is 0.139 e. The molecule has 17 heavy (non-hydrogen) atoms. The van der Waals surface area contributed by atoms with Gasteiger partial charge >= 0.3 is 0 Å². The molecule has 1 fully saturated rings. The van der Waals surface area contributed by atoms with Crippen molar-refractivity contribution in [3.63, 3.8) is 0 Å². The Morgan fingerprint density at radius 3 is 1.88 bits per heavy atom. The molecule has 0 aromatic carbocycles. The van der Waals surface area contributed by atoms with Crippen LogP contribution in [0.15, 0.2) is 0 Å². The molecule has 2 atom stereocenters. The van der Waals surface area contributed by atoms with E-state index >= 15 is 0 Å². The van der Waals surface area contributed by atoms with E-state index in [0.29, 0.717) is 17.6 Å². The van der Waals surface area contributed by atoms with Crippen LogP contribution in [0.5, 0.6) is 0 Å². The zero-order valence-electron chi connectivity index (χ0n) is 12.2. The Morgan fingerprint density at radius 1 is 1.00 bits per heavy atom. The van der Waals surface area contributed by atoms with E-state index in [-0.39, 0.29) is 0 Å². The van der Waals surface area contributed by atoms with E-state index in [4.69, 9.17) is 0 Å². The maximum absolute atomic E-state index is 12.6. The molecule has 0 saturated heterocycles. The van der Waals surface area contributed by atoms with E-state index in [1.165, 1.54) is 6.42 Å². The van der Waals surface area contributed by atoms with Crippen LogP contribution in [0, 0.1) is 23.7 Å². The van der Waals surface area contributed by atoms with Crippen molar-refractivity contribution in [2.24, 2.45) is 23.7 Å². The minimum absolute atomic E-state index is 0.354. The molecule has 1 rings (SSSR count). The Labute approximate surface area is 107 Å². The van der Waals surface area contributed by atoms with Gasteiger partial charge in [0.15, 0.2) is 0 Å². The van der Waals surface area contributed by atoms with Crippen LogP contribution in [0.25, 0.3) is 0 Å². The second-order valence-corrected chi connectivity index (χ2v) is 6.29. The quantitative estimate of drug-likeness (QED) is 0.647. The molecule has 0 radical (unpaired) electrons. The van der Waals surface area contributed by atoms with E-state index in [2.05, 4.69) is 27.7 Å². The number of hydrogen-bond acceptors (Lipinski definition) is 1. The van der Waals surface area contributed by atoms with E-state index in [0.717, 1.165) is 50.4 Å². The Hall–Kier alpha value is -0.330. The maximum Gasteiger partial charge on any atom is 0.139 e. The first-order valence-corrected chi connectivity index (χ1v) is 7.62. The molecule has 0 aromatic rings. The third-order valence-electron chi connectivity index (χ3n) is 4.26. The Balaban J connectivity index is 2.59. The highest BCUT2D eigenvalue weighted by Gasteiger charge is 2.32. The van der Waals surface area contributed by atoms with E-state index < -0.39 is 0 Å². The van der Waals surface area contributed by atoms with Crippen LogP contribution in [0.3, 0.4) is 0 Å². The molecule has 1 heteroatoms. The molecule has 1 nitrogen and oxygen atoms in total. The fourth-order valence-corrected chi connectivity index (χ4v) is 3.64. The summed E-state index contributed by atoms with van der Waals surface area (Å²) in [5.74, 6) is 2.81. The number of carbonyl (C=O) groups is 1. The van der Waals surface area contributed by atoms with Gasteiger partial charge in [0, 0.05) is 11.8 Å². The predicted octanol–water partition coefficient (Wildman–Crippen LogP) is 4.84. The van der Waals surface area contributed by atoms with Gasteiger partial charge in [0.1, 0.15) is 5.78 Å². The molecule has 100 valence electrons. The lowest BCUT2D eigenvalue weighted by atomic mass is 9.72.